The minimum atomic E-state index is -0.0903. The van der Waals surface area contributed by atoms with Crippen molar-refractivity contribution in [1.29, 1.82) is 0 Å². The lowest BCUT2D eigenvalue weighted by atomic mass is 10.2. The molecule has 0 aliphatic rings. The van der Waals surface area contributed by atoms with Crippen LogP contribution < -0.4 is 14.8 Å². The highest BCUT2D eigenvalue weighted by molar-refractivity contribution is 14.1. The van der Waals surface area contributed by atoms with Crippen LogP contribution in [0.4, 0.5) is 0 Å². The Morgan fingerprint density at radius 2 is 1.76 bits per heavy atom. The van der Waals surface area contributed by atoms with Crippen LogP contribution in [-0.4, -0.2) is 51.2 Å². The fraction of sp³-hybridized carbons (Fsp3) is 0.533. The molecular weight excluding hydrogens is 383 g/mol. The van der Waals surface area contributed by atoms with Gasteiger partial charge in [-0.1, -0.05) is 13.8 Å². The van der Waals surface area contributed by atoms with E-state index in [1.807, 2.05) is 0 Å². The van der Waals surface area contributed by atoms with Crippen LogP contribution in [0.15, 0.2) is 12.1 Å². The van der Waals surface area contributed by atoms with Crippen molar-refractivity contribution in [3.05, 3.63) is 21.3 Å². The Morgan fingerprint density at radius 1 is 1.19 bits per heavy atom. The van der Waals surface area contributed by atoms with E-state index >= 15 is 0 Å². The average molecular weight is 406 g/mol. The summed E-state index contributed by atoms with van der Waals surface area (Å²) in [6.07, 6.45) is 0. The fourth-order valence-electron chi connectivity index (χ4n) is 1.99. The zero-order valence-corrected chi connectivity index (χ0v) is 15.2. The molecular formula is C15H23IN2O3. The van der Waals surface area contributed by atoms with Crippen LogP contribution in [0.25, 0.3) is 0 Å². The Morgan fingerprint density at radius 3 is 2.29 bits per heavy atom. The molecule has 1 N–H and O–H groups in total. The summed E-state index contributed by atoms with van der Waals surface area (Å²) >= 11 is 2.13. The van der Waals surface area contributed by atoms with E-state index in [1.54, 1.807) is 26.4 Å². The number of ether oxygens (including phenoxy) is 2. The number of nitrogens with one attached hydrogen (secondary N) is 1. The van der Waals surface area contributed by atoms with Crippen LogP contribution >= 0.6 is 22.6 Å². The maximum Gasteiger partial charge on any atom is 0.252 e. The maximum absolute atomic E-state index is 12.3. The van der Waals surface area contributed by atoms with E-state index < -0.39 is 0 Å². The molecule has 0 unspecified atom stereocenters. The summed E-state index contributed by atoms with van der Waals surface area (Å²) in [6.45, 7) is 7.68. The van der Waals surface area contributed by atoms with Gasteiger partial charge in [-0.25, -0.2) is 0 Å². The van der Waals surface area contributed by atoms with E-state index in [4.69, 9.17) is 9.47 Å². The van der Waals surface area contributed by atoms with Gasteiger partial charge in [-0.3, -0.25) is 4.79 Å². The smallest absolute Gasteiger partial charge is 0.252 e. The molecule has 6 heteroatoms. The summed E-state index contributed by atoms with van der Waals surface area (Å²) < 4.78 is 11.3. The first-order valence-electron chi connectivity index (χ1n) is 6.99. The molecule has 0 heterocycles. The number of amides is 1. The predicted molar refractivity (Wildman–Crippen MR) is 92.4 cm³/mol. The van der Waals surface area contributed by atoms with Crippen LogP contribution in [0.3, 0.4) is 0 Å². The van der Waals surface area contributed by atoms with Gasteiger partial charge in [-0.15, -0.1) is 0 Å². The molecule has 21 heavy (non-hydrogen) atoms. The van der Waals surface area contributed by atoms with E-state index in [0.29, 0.717) is 23.6 Å². The number of carbonyl (C=O) groups excluding carboxylic acids is 1. The molecule has 0 aromatic heterocycles. The van der Waals surface area contributed by atoms with Crippen LogP contribution in [0.2, 0.25) is 0 Å². The van der Waals surface area contributed by atoms with E-state index in [9.17, 15) is 4.79 Å². The van der Waals surface area contributed by atoms with Gasteiger partial charge in [0.1, 0.15) is 0 Å². The number of nitrogens with zero attached hydrogens (tertiary/aromatic N) is 1. The second-order valence-electron chi connectivity index (χ2n) is 4.47. The first-order chi connectivity index (χ1) is 10.1. The molecule has 0 spiro atoms. The van der Waals surface area contributed by atoms with Crippen molar-refractivity contribution in [3.63, 3.8) is 0 Å². The normalized spacial score (nSPS) is 10.6. The van der Waals surface area contributed by atoms with Crippen molar-refractivity contribution in [3.8, 4) is 11.5 Å². The van der Waals surface area contributed by atoms with Crippen molar-refractivity contribution < 1.29 is 14.3 Å². The van der Waals surface area contributed by atoms with Crippen molar-refractivity contribution in [1.82, 2.24) is 10.2 Å². The highest BCUT2D eigenvalue weighted by Gasteiger charge is 2.15. The number of likely N-dealkylation sites (N-methyl/N-ethyl adjacent to an activating group) is 1. The summed E-state index contributed by atoms with van der Waals surface area (Å²) in [5.74, 6) is 1.10. The predicted octanol–water partition coefficient (Wildman–Crippen LogP) is 2.38. The van der Waals surface area contributed by atoms with Gasteiger partial charge in [0.25, 0.3) is 5.91 Å². The van der Waals surface area contributed by atoms with Gasteiger partial charge in [0.15, 0.2) is 11.5 Å². The minimum absolute atomic E-state index is 0.0903. The third kappa shape index (κ3) is 5.03. The van der Waals surface area contributed by atoms with Crippen molar-refractivity contribution >= 4 is 28.5 Å². The molecule has 0 fully saturated rings. The van der Waals surface area contributed by atoms with Gasteiger partial charge in [-0.05, 0) is 47.8 Å². The van der Waals surface area contributed by atoms with Gasteiger partial charge in [-0.2, -0.15) is 0 Å². The SMILES string of the molecule is CCN(CC)CCNC(=O)c1cc(OC)c(OC)cc1I. The van der Waals surface area contributed by atoms with Gasteiger partial charge in [0.05, 0.1) is 19.8 Å². The first kappa shape index (κ1) is 18.0. The largest absolute Gasteiger partial charge is 0.493 e. The molecule has 0 aliphatic heterocycles. The number of hydrogen-bond donors (Lipinski definition) is 1. The molecule has 5 nitrogen and oxygen atoms in total. The summed E-state index contributed by atoms with van der Waals surface area (Å²) in [5, 5.41) is 2.95. The van der Waals surface area contributed by atoms with E-state index in [1.165, 1.54) is 0 Å². The number of rotatable bonds is 8. The van der Waals surface area contributed by atoms with E-state index in [-0.39, 0.29) is 5.91 Å². The average Bonchev–Trinajstić information content (AvgIpc) is 2.50. The van der Waals surface area contributed by atoms with Crippen molar-refractivity contribution in [2.45, 2.75) is 13.8 Å². The van der Waals surface area contributed by atoms with Gasteiger partial charge in [0.2, 0.25) is 0 Å². The van der Waals surface area contributed by atoms with Crippen LogP contribution in [0.1, 0.15) is 24.2 Å². The topological polar surface area (TPSA) is 50.8 Å². The Labute approximate surface area is 140 Å². The molecule has 1 amide bonds. The highest BCUT2D eigenvalue weighted by Crippen LogP contribution is 2.31. The highest BCUT2D eigenvalue weighted by atomic mass is 127. The zero-order valence-electron chi connectivity index (χ0n) is 13.0. The van der Waals surface area contributed by atoms with Crippen molar-refractivity contribution in [2.75, 3.05) is 40.4 Å². The molecule has 0 aliphatic carbocycles. The van der Waals surface area contributed by atoms with Crippen LogP contribution in [0, 0.1) is 3.57 Å². The Hall–Kier alpha value is -1.02. The number of hydrogen-bond acceptors (Lipinski definition) is 4. The molecule has 1 aromatic carbocycles. The quantitative estimate of drug-likeness (QED) is 0.674. The standard InChI is InChI=1S/C15H23IN2O3/c1-5-18(6-2)8-7-17-15(19)11-9-13(20-3)14(21-4)10-12(11)16/h9-10H,5-8H2,1-4H3,(H,17,19). The van der Waals surface area contributed by atoms with Gasteiger partial charge < -0.3 is 19.7 Å². The lowest BCUT2D eigenvalue weighted by Crippen LogP contribution is -2.35. The summed E-state index contributed by atoms with van der Waals surface area (Å²) in [7, 11) is 3.14. The molecule has 0 saturated heterocycles. The Balaban J connectivity index is 2.74. The molecule has 1 rings (SSSR count). The number of carbonyl (C=O) groups is 1. The Bertz CT molecular complexity index is 476. The Kier molecular flexibility index (Phi) is 7.81. The molecule has 0 atom stereocenters. The molecule has 0 bridgehead atoms. The van der Waals surface area contributed by atoms with Crippen molar-refractivity contribution in [2.24, 2.45) is 0 Å². The lowest BCUT2D eigenvalue weighted by molar-refractivity contribution is 0.0947. The second-order valence-corrected chi connectivity index (χ2v) is 5.63. The first-order valence-corrected chi connectivity index (χ1v) is 8.07. The van der Waals surface area contributed by atoms with Crippen LogP contribution in [0.5, 0.6) is 11.5 Å². The molecule has 118 valence electrons. The van der Waals surface area contributed by atoms with E-state index in [2.05, 4.69) is 46.7 Å². The van der Waals surface area contributed by atoms with E-state index in [0.717, 1.165) is 23.2 Å². The number of halogens is 1. The molecule has 0 saturated carbocycles. The third-order valence-corrected chi connectivity index (χ3v) is 4.22. The van der Waals surface area contributed by atoms with Crippen LogP contribution in [-0.2, 0) is 0 Å². The lowest BCUT2D eigenvalue weighted by Gasteiger charge is -2.18. The monoisotopic (exact) mass is 406 g/mol. The zero-order chi connectivity index (χ0) is 15.8. The maximum atomic E-state index is 12.3. The minimum Gasteiger partial charge on any atom is -0.493 e. The second kappa shape index (κ2) is 9.09. The summed E-state index contributed by atoms with van der Waals surface area (Å²) in [4.78, 5) is 14.5. The summed E-state index contributed by atoms with van der Waals surface area (Å²) in [6, 6.07) is 3.52. The number of benzene rings is 1. The third-order valence-electron chi connectivity index (χ3n) is 3.33. The van der Waals surface area contributed by atoms with Gasteiger partial charge >= 0.3 is 0 Å². The molecule has 1 aromatic rings. The molecule has 0 radical (unpaired) electrons. The summed E-state index contributed by atoms with van der Waals surface area (Å²) in [5.41, 5.74) is 0.604. The fourth-order valence-corrected chi connectivity index (χ4v) is 2.67. The van der Waals surface area contributed by atoms with Gasteiger partial charge in [0, 0.05) is 16.7 Å². The number of methoxy groups -OCH3 is 2.